The van der Waals surface area contributed by atoms with Crippen LogP contribution in [-0.4, -0.2) is 11.0 Å². The first kappa shape index (κ1) is 11.8. The van der Waals surface area contributed by atoms with Crippen LogP contribution in [-0.2, 0) is 0 Å². The second-order valence-corrected chi connectivity index (χ2v) is 3.49. The number of amides is 2. The number of halogens is 1. The Labute approximate surface area is 102 Å². The number of pyridine rings is 1. The van der Waals surface area contributed by atoms with Crippen molar-refractivity contribution in [1.29, 1.82) is 0 Å². The van der Waals surface area contributed by atoms with Crippen molar-refractivity contribution in [2.45, 2.75) is 0 Å². The van der Waals surface area contributed by atoms with Gasteiger partial charge in [-0.3, -0.25) is 10.1 Å². The first-order chi connectivity index (χ1) is 8.65. The third-order valence-electron chi connectivity index (χ3n) is 2.14. The lowest BCUT2D eigenvalue weighted by atomic mass is 10.3. The van der Waals surface area contributed by atoms with Crippen molar-refractivity contribution in [1.82, 2.24) is 4.98 Å². The van der Waals surface area contributed by atoms with E-state index in [2.05, 4.69) is 15.6 Å². The smallest absolute Gasteiger partial charge is 0.309 e. The molecule has 18 heavy (non-hydrogen) atoms. The van der Waals surface area contributed by atoms with Crippen molar-refractivity contribution in [3.8, 4) is 0 Å². The van der Waals surface area contributed by atoms with E-state index in [1.165, 1.54) is 36.4 Å². The zero-order chi connectivity index (χ0) is 13.0. The maximum atomic E-state index is 13.3. The fourth-order valence-electron chi connectivity index (χ4n) is 1.36. The Kier molecular flexibility index (Phi) is 3.38. The Bertz CT molecular complexity index is 624. The molecule has 0 fully saturated rings. The molecular formula is C12H10FN3O2. The zero-order valence-corrected chi connectivity index (χ0v) is 9.24. The summed E-state index contributed by atoms with van der Waals surface area (Å²) in [5, 5.41) is 4.72. The molecule has 0 saturated carbocycles. The van der Waals surface area contributed by atoms with Crippen LogP contribution < -0.4 is 16.2 Å². The maximum Gasteiger partial charge on any atom is 0.324 e. The van der Waals surface area contributed by atoms with Gasteiger partial charge in [-0.25, -0.2) is 9.18 Å². The quantitative estimate of drug-likeness (QED) is 0.760. The van der Waals surface area contributed by atoms with E-state index in [4.69, 9.17) is 0 Å². The number of aromatic amines is 1. The van der Waals surface area contributed by atoms with Crippen LogP contribution in [0.2, 0.25) is 0 Å². The topological polar surface area (TPSA) is 74.0 Å². The van der Waals surface area contributed by atoms with E-state index in [1.54, 1.807) is 6.07 Å². The molecule has 92 valence electrons. The average molecular weight is 247 g/mol. The Hall–Kier alpha value is -2.63. The number of nitrogens with one attached hydrogen (secondary N) is 3. The number of hydrogen-bond donors (Lipinski definition) is 3. The van der Waals surface area contributed by atoms with E-state index < -0.39 is 11.8 Å². The minimum Gasteiger partial charge on any atom is -0.309 e. The largest absolute Gasteiger partial charge is 0.324 e. The lowest BCUT2D eigenvalue weighted by Crippen LogP contribution is -2.22. The fourth-order valence-corrected chi connectivity index (χ4v) is 1.36. The van der Waals surface area contributed by atoms with E-state index >= 15 is 0 Å². The van der Waals surface area contributed by atoms with Crippen molar-refractivity contribution in [3.63, 3.8) is 0 Å². The Balaban J connectivity index is 2.06. The summed E-state index contributed by atoms with van der Waals surface area (Å²) >= 11 is 0. The van der Waals surface area contributed by atoms with Crippen LogP contribution in [0.3, 0.4) is 0 Å². The summed E-state index contributed by atoms with van der Waals surface area (Å²) in [7, 11) is 0. The van der Waals surface area contributed by atoms with Gasteiger partial charge in [0.05, 0.1) is 5.69 Å². The summed E-state index contributed by atoms with van der Waals surface area (Å²) in [6, 6.07) is 9.49. The van der Waals surface area contributed by atoms with Gasteiger partial charge in [0, 0.05) is 6.07 Å². The molecule has 0 bridgehead atoms. The number of benzene rings is 1. The lowest BCUT2D eigenvalue weighted by molar-refractivity contribution is 0.262. The van der Waals surface area contributed by atoms with E-state index in [0.29, 0.717) is 0 Å². The molecule has 0 spiro atoms. The Morgan fingerprint density at radius 2 is 1.83 bits per heavy atom. The molecule has 0 unspecified atom stereocenters. The monoisotopic (exact) mass is 247 g/mol. The molecule has 1 aromatic carbocycles. The number of aromatic nitrogens is 1. The second-order valence-electron chi connectivity index (χ2n) is 3.49. The second kappa shape index (κ2) is 5.13. The number of anilines is 2. The molecule has 0 aliphatic carbocycles. The molecule has 5 nitrogen and oxygen atoms in total. The molecule has 3 N–H and O–H groups in total. The maximum absolute atomic E-state index is 13.3. The van der Waals surface area contributed by atoms with E-state index in [-0.39, 0.29) is 17.1 Å². The average Bonchev–Trinajstić information content (AvgIpc) is 2.32. The number of carbonyl (C=O) groups excluding carboxylic acids is 1. The summed E-state index contributed by atoms with van der Waals surface area (Å²) in [6.07, 6.45) is 0. The van der Waals surface area contributed by atoms with Gasteiger partial charge in [0.1, 0.15) is 11.6 Å². The van der Waals surface area contributed by atoms with Gasteiger partial charge in [0.25, 0.3) is 0 Å². The molecule has 2 rings (SSSR count). The molecule has 0 saturated heterocycles. The number of hydrogen-bond acceptors (Lipinski definition) is 2. The highest BCUT2D eigenvalue weighted by molar-refractivity contribution is 5.99. The van der Waals surface area contributed by atoms with Gasteiger partial charge < -0.3 is 10.3 Å². The van der Waals surface area contributed by atoms with Crippen LogP contribution in [0, 0.1) is 5.82 Å². The van der Waals surface area contributed by atoms with Crippen molar-refractivity contribution in [2.75, 3.05) is 10.6 Å². The van der Waals surface area contributed by atoms with Crippen LogP contribution >= 0.6 is 0 Å². The van der Waals surface area contributed by atoms with E-state index in [1.807, 2.05) is 0 Å². The number of rotatable bonds is 2. The summed E-state index contributed by atoms with van der Waals surface area (Å²) in [5.74, 6) is -0.300. The van der Waals surface area contributed by atoms with Gasteiger partial charge >= 0.3 is 6.03 Å². The molecule has 0 aliphatic rings. The third kappa shape index (κ3) is 2.94. The number of carbonyl (C=O) groups is 1. The molecule has 2 aromatic rings. The molecule has 2 amide bonds. The first-order valence-corrected chi connectivity index (χ1v) is 5.17. The lowest BCUT2D eigenvalue weighted by Gasteiger charge is -2.07. The Morgan fingerprint density at radius 3 is 2.56 bits per heavy atom. The minimum absolute atomic E-state index is 0.0632. The van der Waals surface area contributed by atoms with Gasteiger partial charge in [-0.1, -0.05) is 18.2 Å². The third-order valence-corrected chi connectivity index (χ3v) is 2.14. The van der Waals surface area contributed by atoms with Gasteiger partial charge in [-0.2, -0.15) is 0 Å². The predicted octanol–water partition coefficient (Wildman–Crippen LogP) is 2.16. The molecule has 0 atom stereocenters. The van der Waals surface area contributed by atoms with Crippen molar-refractivity contribution >= 4 is 17.5 Å². The van der Waals surface area contributed by atoms with Gasteiger partial charge in [-0.15, -0.1) is 0 Å². The molecule has 1 heterocycles. The highest BCUT2D eigenvalue weighted by Crippen LogP contribution is 2.12. The van der Waals surface area contributed by atoms with Crippen LogP contribution in [0.25, 0.3) is 0 Å². The molecular weight excluding hydrogens is 237 g/mol. The number of para-hydroxylation sites is 1. The van der Waals surface area contributed by atoms with Gasteiger partial charge in [0.2, 0.25) is 5.56 Å². The van der Waals surface area contributed by atoms with Crippen LogP contribution in [0.5, 0.6) is 0 Å². The van der Waals surface area contributed by atoms with Crippen LogP contribution in [0.1, 0.15) is 0 Å². The zero-order valence-electron chi connectivity index (χ0n) is 9.24. The van der Waals surface area contributed by atoms with Crippen LogP contribution in [0.15, 0.2) is 47.3 Å². The fraction of sp³-hybridized carbons (Fsp3) is 0. The SMILES string of the molecule is O=C(Nc1cccc(=O)[nH]1)Nc1ccccc1F. The standard InChI is InChI=1S/C12H10FN3O2/c13-8-4-1-2-5-9(8)14-12(18)16-10-6-3-7-11(17)15-10/h1-7H,(H3,14,15,16,17,18). The normalized spacial score (nSPS) is 9.83. The summed E-state index contributed by atoms with van der Waals surface area (Å²) in [6.45, 7) is 0. The molecule has 1 aromatic heterocycles. The molecule has 0 radical (unpaired) electrons. The summed E-state index contributed by atoms with van der Waals surface area (Å²) < 4.78 is 13.3. The van der Waals surface area contributed by atoms with Gasteiger partial charge in [-0.05, 0) is 18.2 Å². The summed E-state index contributed by atoms with van der Waals surface area (Å²) in [5.41, 5.74) is -0.271. The van der Waals surface area contributed by atoms with E-state index in [9.17, 15) is 14.0 Å². The van der Waals surface area contributed by atoms with Crippen molar-refractivity contribution < 1.29 is 9.18 Å². The highest BCUT2D eigenvalue weighted by Gasteiger charge is 2.06. The minimum atomic E-state index is -0.637. The van der Waals surface area contributed by atoms with Gasteiger partial charge in [0.15, 0.2) is 0 Å². The summed E-state index contributed by atoms with van der Waals surface area (Å²) in [4.78, 5) is 24.9. The van der Waals surface area contributed by atoms with E-state index in [0.717, 1.165) is 0 Å². The molecule has 0 aliphatic heterocycles. The predicted molar refractivity (Wildman–Crippen MR) is 66.1 cm³/mol. The number of H-pyrrole nitrogens is 1. The van der Waals surface area contributed by atoms with Crippen LogP contribution in [0.4, 0.5) is 20.7 Å². The van der Waals surface area contributed by atoms with Crippen molar-refractivity contribution in [2.24, 2.45) is 0 Å². The first-order valence-electron chi connectivity index (χ1n) is 5.17. The Morgan fingerprint density at radius 1 is 1.06 bits per heavy atom. The number of urea groups is 1. The van der Waals surface area contributed by atoms with Crippen molar-refractivity contribution in [3.05, 3.63) is 58.6 Å². The highest BCUT2D eigenvalue weighted by atomic mass is 19.1. The molecule has 6 heteroatoms.